The Morgan fingerprint density at radius 3 is 2.65 bits per heavy atom. The first kappa shape index (κ1) is 14.7. The molecule has 1 aliphatic rings. The van der Waals surface area contributed by atoms with Crippen LogP contribution in [0.2, 0.25) is 0 Å². The van der Waals surface area contributed by atoms with Crippen LogP contribution in [0.4, 0.5) is 11.4 Å². The summed E-state index contributed by atoms with van der Waals surface area (Å²) in [6, 6.07) is 4.02. The largest absolute Gasteiger partial charge is 0.363 e. The molecular formula is C12H17N3O4S. The summed E-state index contributed by atoms with van der Waals surface area (Å²) in [4.78, 5) is 12.3. The molecule has 2 rings (SSSR count). The van der Waals surface area contributed by atoms with Crippen molar-refractivity contribution < 1.29 is 13.3 Å². The Hall–Kier alpha value is -1.67. The van der Waals surface area contributed by atoms with Crippen LogP contribution in [0.15, 0.2) is 23.1 Å². The van der Waals surface area contributed by atoms with Crippen LogP contribution in [0.1, 0.15) is 26.2 Å². The molecule has 1 aromatic rings. The van der Waals surface area contributed by atoms with Gasteiger partial charge in [0.2, 0.25) is 10.0 Å². The van der Waals surface area contributed by atoms with Gasteiger partial charge in [0.15, 0.2) is 0 Å². The monoisotopic (exact) mass is 299 g/mol. The van der Waals surface area contributed by atoms with Crippen LogP contribution in [-0.2, 0) is 10.0 Å². The average Bonchev–Trinajstić information content (AvgIpc) is 2.37. The number of benzene rings is 1. The fourth-order valence-electron chi connectivity index (χ4n) is 2.53. The van der Waals surface area contributed by atoms with Crippen molar-refractivity contribution in [3.63, 3.8) is 0 Å². The van der Waals surface area contributed by atoms with E-state index in [1.165, 1.54) is 12.1 Å². The first-order chi connectivity index (χ1) is 9.30. The van der Waals surface area contributed by atoms with Crippen molar-refractivity contribution in [1.29, 1.82) is 0 Å². The maximum Gasteiger partial charge on any atom is 0.293 e. The number of nitro benzene ring substituents is 1. The number of hydrogen-bond acceptors (Lipinski definition) is 5. The second-order valence-electron chi connectivity index (χ2n) is 4.99. The molecule has 8 heteroatoms. The number of primary sulfonamides is 1. The molecule has 1 atom stereocenters. The van der Waals surface area contributed by atoms with Crippen LogP contribution in [0.5, 0.6) is 0 Å². The Morgan fingerprint density at radius 2 is 2.10 bits per heavy atom. The Morgan fingerprint density at radius 1 is 1.40 bits per heavy atom. The van der Waals surface area contributed by atoms with E-state index in [0.717, 1.165) is 31.9 Å². The maximum absolute atomic E-state index is 11.3. The number of nitrogens with zero attached hydrogens (tertiary/aromatic N) is 2. The lowest BCUT2D eigenvalue weighted by Gasteiger charge is -2.35. The summed E-state index contributed by atoms with van der Waals surface area (Å²) in [6.07, 6.45) is 3.03. The first-order valence-corrected chi connectivity index (χ1v) is 7.93. The van der Waals surface area contributed by atoms with Crippen molar-refractivity contribution in [1.82, 2.24) is 0 Å². The van der Waals surface area contributed by atoms with E-state index in [9.17, 15) is 18.5 Å². The lowest BCUT2D eigenvalue weighted by Crippen LogP contribution is -2.37. The Balaban J connectivity index is 2.50. The highest BCUT2D eigenvalue weighted by Gasteiger charge is 2.27. The molecule has 2 N–H and O–H groups in total. The van der Waals surface area contributed by atoms with Crippen LogP contribution in [0.25, 0.3) is 0 Å². The molecular weight excluding hydrogens is 282 g/mol. The van der Waals surface area contributed by atoms with Crippen molar-refractivity contribution in [3.8, 4) is 0 Å². The van der Waals surface area contributed by atoms with Crippen molar-refractivity contribution >= 4 is 21.4 Å². The van der Waals surface area contributed by atoms with Gasteiger partial charge in [0, 0.05) is 18.7 Å². The number of nitrogens with two attached hydrogens (primary N) is 1. The maximum atomic E-state index is 11.3. The lowest BCUT2D eigenvalue weighted by molar-refractivity contribution is -0.384. The van der Waals surface area contributed by atoms with Gasteiger partial charge in [-0.15, -0.1) is 0 Å². The minimum atomic E-state index is -3.94. The number of anilines is 1. The lowest BCUT2D eigenvalue weighted by atomic mass is 10.0. The van der Waals surface area contributed by atoms with Crippen molar-refractivity contribution in [2.75, 3.05) is 11.4 Å². The van der Waals surface area contributed by atoms with E-state index >= 15 is 0 Å². The normalized spacial score (nSPS) is 19.9. The van der Waals surface area contributed by atoms with E-state index in [-0.39, 0.29) is 16.6 Å². The van der Waals surface area contributed by atoms with E-state index < -0.39 is 14.9 Å². The SMILES string of the molecule is CC1CCCCN1c1ccc(S(N)(=O)=O)cc1[N+](=O)[O-]. The summed E-state index contributed by atoms with van der Waals surface area (Å²) in [5, 5.41) is 16.2. The van der Waals surface area contributed by atoms with E-state index in [1.807, 2.05) is 11.8 Å². The van der Waals surface area contributed by atoms with E-state index in [2.05, 4.69) is 0 Å². The average molecular weight is 299 g/mol. The van der Waals surface area contributed by atoms with Crippen LogP contribution in [-0.4, -0.2) is 25.9 Å². The first-order valence-electron chi connectivity index (χ1n) is 6.38. The van der Waals surface area contributed by atoms with Gasteiger partial charge in [0.05, 0.1) is 9.82 Å². The predicted octanol–water partition coefficient (Wildman–Crippen LogP) is 1.62. The molecule has 0 bridgehead atoms. The van der Waals surface area contributed by atoms with Gasteiger partial charge < -0.3 is 4.90 Å². The number of sulfonamides is 1. The third kappa shape index (κ3) is 2.91. The summed E-state index contributed by atoms with van der Waals surface area (Å²) in [5.74, 6) is 0. The molecule has 0 aromatic heterocycles. The number of rotatable bonds is 3. The second-order valence-corrected chi connectivity index (χ2v) is 6.55. The highest BCUT2D eigenvalue weighted by atomic mass is 32.2. The zero-order valence-corrected chi connectivity index (χ0v) is 12.0. The van der Waals surface area contributed by atoms with Crippen LogP contribution < -0.4 is 10.0 Å². The molecule has 0 amide bonds. The molecule has 1 saturated heterocycles. The molecule has 1 unspecified atom stereocenters. The smallest absolute Gasteiger partial charge is 0.293 e. The second kappa shape index (κ2) is 5.37. The van der Waals surface area contributed by atoms with E-state index in [1.54, 1.807) is 0 Å². The Kier molecular flexibility index (Phi) is 3.96. The minimum Gasteiger partial charge on any atom is -0.363 e. The Bertz CT molecular complexity index is 630. The molecule has 20 heavy (non-hydrogen) atoms. The number of hydrogen-bond donors (Lipinski definition) is 1. The van der Waals surface area contributed by atoms with E-state index in [0.29, 0.717) is 5.69 Å². The zero-order chi connectivity index (χ0) is 14.9. The zero-order valence-electron chi connectivity index (χ0n) is 11.2. The molecule has 0 spiro atoms. The van der Waals surface area contributed by atoms with Crippen molar-refractivity contribution in [2.45, 2.75) is 37.1 Å². The summed E-state index contributed by atoms with van der Waals surface area (Å²) in [6.45, 7) is 2.74. The van der Waals surface area contributed by atoms with Crippen LogP contribution in [0.3, 0.4) is 0 Å². The molecule has 1 aromatic carbocycles. The van der Waals surface area contributed by atoms with Crippen molar-refractivity contribution in [3.05, 3.63) is 28.3 Å². The number of nitro groups is 1. The Labute approximate surface area is 117 Å². The fraction of sp³-hybridized carbons (Fsp3) is 0.500. The number of piperidine rings is 1. The standard InChI is InChI=1S/C12H17N3O4S/c1-9-4-2-3-7-14(9)11-6-5-10(20(13,18)19)8-12(11)15(16)17/h5-6,8-9H,2-4,7H2,1H3,(H2,13,18,19). The minimum absolute atomic E-state index is 0.197. The van der Waals surface area contributed by atoms with Gasteiger partial charge >= 0.3 is 0 Å². The molecule has 1 fully saturated rings. The van der Waals surface area contributed by atoms with Crippen LogP contribution in [0, 0.1) is 10.1 Å². The summed E-state index contributed by atoms with van der Waals surface area (Å²) < 4.78 is 22.6. The molecule has 1 aliphatic heterocycles. The van der Waals surface area contributed by atoms with Gasteiger partial charge in [-0.1, -0.05) is 0 Å². The fourth-order valence-corrected chi connectivity index (χ4v) is 3.06. The van der Waals surface area contributed by atoms with Crippen LogP contribution >= 0.6 is 0 Å². The molecule has 0 aliphatic carbocycles. The van der Waals surface area contributed by atoms with Gasteiger partial charge in [0.1, 0.15) is 5.69 Å². The third-order valence-corrected chi connectivity index (χ3v) is 4.50. The summed E-state index contributed by atoms with van der Waals surface area (Å²) >= 11 is 0. The molecule has 1 heterocycles. The summed E-state index contributed by atoms with van der Waals surface area (Å²) in [7, 11) is -3.94. The topological polar surface area (TPSA) is 107 Å². The van der Waals surface area contributed by atoms with Gasteiger partial charge in [-0.2, -0.15) is 0 Å². The van der Waals surface area contributed by atoms with Gasteiger partial charge in [-0.05, 0) is 38.3 Å². The van der Waals surface area contributed by atoms with E-state index in [4.69, 9.17) is 5.14 Å². The third-order valence-electron chi connectivity index (χ3n) is 3.58. The summed E-state index contributed by atoms with van der Waals surface area (Å²) in [5.41, 5.74) is 0.236. The highest BCUT2D eigenvalue weighted by Crippen LogP contribution is 2.34. The molecule has 110 valence electrons. The van der Waals surface area contributed by atoms with Gasteiger partial charge in [0.25, 0.3) is 5.69 Å². The van der Waals surface area contributed by atoms with Gasteiger partial charge in [-0.3, -0.25) is 10.1 Å². The molecule has 0 saturated carbocycles. The highest BCUT2D eigenvalue weighted by molar-refractivity contribution is 7.89. The van der Waals surface area contributed by atoms with Gasteiger partial charge in [-0.25, -0.2) is 13.6 Å². The predicted molar refractivity (Wildman–Crippen MR) is 75.1 cm³/mol. The quantitative estimate of drug-likeness (QED) is 0.674. The molecule has 0 radical (unpaired) electrons. The van der Waals surface area contributed by atoms with Crippen molar-refractivity contribution in [2.24, 2.45) is 5.14 Å². The molecule has 7 nitrogen and oxygen atoms in total.